The topological polar surface area (TPSA) is 245 Å². The number of aromatic nitrogens is 2. The van der Waals surface area contributed by atoms with Gasteiger partial charge < -0.3 is 36.0 Å². The quantitative estimate of drug-likeness (QED) is 0.107. The molecule has 1 unspecified atom stereocenters. The number of hydrogen-bond acceptors (Lipinski definition) is 14. The highest BCUT2D eigenvalue weighted by Gasteiger charge is 2.59. The summed E-state index contributed by atoms with van der Waals surface area (Å²) in [5.41, 5.74) is 1.85. The predicted octanol–water partition coefficient (Wildman–Crippen LogP) is -1.87. The second-order valence-electron chi connectivity index (χ2n) is 7.66. The Bertz CT molecular complexity index is 1370. The van der Waals surface area contributed by atoms with Crippen LogP contribution in [0.3, 0.4) is 0 Å². The fourth-order valence-electron chi connectivity index (χ4n) is 3.41. The number of ether oxygens (including phenoxy) is 1. The summed E-state index contributed by atoms with van der Waals surface area (Å²) < 4.78 is 5.28. The SMILES string of the molecule is Nc1nc(/C(=N/OCc2cc(=O)c(O)cn2O)C(=O)N[C@H]2CON(C3(C(=O)O)CCC(=O)O3)C2=O)cs1. The van der Waals surface area contributed by atoms with Gasteiger partial charge in [-0.1, -0.05) is 5.16 Å². The first-order chi connectivity index (χ1) is 17.5. The molecule has 2 aromatic rings. The zero-order chi connectivity index (χ0) is 26.9. The molecule has 0 saturated carbocycles. The third kappa shape index (κ3) is 4.86. The molecule has 2 amide bonds. The molecule has 196 valence electrons. The number of amides is 2. The maximum absolute atomic E-state index is 13.0. The molecule has 6 N–H and O–H groups in total. The van der Waals surface area contributed by atoms with Crippen molar-refractivity contribution < 1.29 is 49.0 Å². The van der Waals surface area contributed by atoms with E-state index in [1.165, 1.54) is 5.38 Å². The molecule has 37 heavy (non-hydrogen) atoms. The number of rotatable bonds is 8. The smallest absolute Gasteiger partial charge is 0.372 e. The highest BCUT2D eigenvalue weighted by molar-refractivity contribution is 7.13. The van der Waals surface area contributed by atoms with Crippen molar-refractivity contribution in [1.82, 2.24) is 20.1 Å². The van der Waals surface area contributed by atoms with Crippen LogP contribution in [-0.4, -0.2) is 78.0 Å². The number of carbonyl (C=O) groups excluding carboxylic acids is 3. The number of nitrogens with two attached hydrogens (primary N) is 1. The molecule has 2 aliphatic heterocycles. The average Bonchev–Trinajstić information content (AvgIpc) is 3.54. The lowest BCUT2D eigenvalue weighted by Crippen LogP contribution is -2.57. The third-order valence-electron chi connectivity index (χ3n) is 5.22. The third-order valence-corrected chi connectivity index (χ3v) is 5.90. The number of carboxylic acid groups (broad SMARTS) is 1. The van der Waals surface area contributed by atoms with Crippen LogP contribution in [0.5, 0.6) is 5.75 Å². The van der Waals surface area contributed by atoms with Crippen LogP contribution in [-0.2, 0) is 40.2 Å². The zero-order valence-electron chi connectivity index (χ0n) is 18.5. The van der Waals surface area contributed by atoms with Gasteiger partial charge in [0.2, 0.25) is 5.43 Å². The van der Waals surface area contributed by atoms with Crippen LogP contribution >= 0.6 is 11.3 Å². The molecule has 2 aliphatic rings. The molecule has 0 bridgehead atoms. The van der Waals surface area contributed by atoms with E-state index in [2.05, 4.69) is 15.5 Å². The number of nitrogen functional groups attached to an aromatic ring is 1. The number of hydroxylamine groups is 2. The van der Waals surface area contributed by atoms with Gasteiger partial charge in [-0.25, -0.2) is 9.78 Å². The largest absolute Gasteiger partial charge is 0.503 e. The Morgan fingerprint density at radius 1 is 1.38 bits per heavy atom. The molecule has 0 aromatic carbocycles. The molecular weight excluding hydrogens is 520 g/mol. The Morgan fingerprint density at radius 2 is 2.14 bits per heavy atom. The number of thiazole rings is 1. The highest BCUT2D eigenvalue weighted by atomic mass is 32.1. The van der Waals surface area contributed by atoms with Crippen LogP contribution in [0.2, 0.25) is 0 Å². The normalized spacial score (nSPS) is 21.7. The highest BCUT2D eigenvalue weighted by Crippen LogP contribution is 2.34. The van der Waals surface area contributed by atoms with Gasteiger partial charge in [-0.2, -0.15) is 9.79 Å². The lowest BCUT2D eigenvalue weighted by atomic mass is 10.1. The van der Waals surface area contributed by atoms with Crippen LogP contribution in [0, 0.1) is 0 Å². The van der Waals surface area contributed by atoms with Crippen molar-refractivity contribution in [2.24, 2.45) is 5.16 Å². The van der Waals surface area contributed by atoms with E-state index in [9.17, 15) is 39.4 Å². The summed E-state index contributed by atoms with van der Waals surface area (Å²) in [6, 6.07) is -0.508. The summed E-state index contributed by atoms with van der Waals surface area (Å²) in [5.74, 6) is -5.14. The minimum absolute atomic E-state index is 0.0398. The van der Waals surface area contributed by atoms with Gasteiger partial charge in [-0.15, -0.1) is 11.3 Å². The van der Waals surface area contributed by atoms with Gasteiger partial charge in [0, 0.05) is 17.9 Å². The number of hydrogen-bond donors (Lipinski definition) is 5. The van der Waals surface area contributed by atoms with E-state index in [-0.39, 0.29) is 29.4 Å². The maximum Gasteiger partial charge on any atom is 0.372 e. The van der Waals surface area contributed by atoms with Gasteiger partial charge in [0.15, 0.2) is 23.2 Å². The molecule has 2 fully saturated rings. The molecule has 2 saturated heterocycles. The van der Waals surface area contributed by atoms with E-state index in [0.29, 0.717) is 9.79 Å². The minimum Gasteiger partial charge on any atom is -0.503 e. The molecule has 0 aliphatic carbocycles. The molecule has 0 spiro atoms. The first-order valence-electron chi connectivity index (χ1n) is 10.3. The summed E-state index contributed by atoms with van der Waals surface area (Å²) in [7, 11) is 0. The number of aromatic hydroxyl groups is 1. The van der Waals surface area contributed by atoms with Gasteiger partial charge in [0.1, 0.15) is 24.0 Å². The van der Waals surface area contributed by atoms with E-state index >= 15 is 0 Å². The standard InChI is InChI=1S/C19H18N6O11S/c20-18-22-10(7-37-18)14(23-34-5-8-3-11(26)12(27)4-24(8)33)15(29)21-9-6-35-25(16(9)30)19(17(31)32)2-1-13(28)36-19/h3-4,7,9,27,33H,1-2,5-6H2,(H2,20,22)(H,21,29)(H,31,32)/b23-14-/t9-,19?/m0/s1. The van der Waals surface area contributed by atoms with E-state index in [4.69, 9.17) is 20.1 Å². The van der Waals surface area contributed by atoms with Crippen LogP contribution < -0.4 is 16.5 Å². The number of aliphatic carboxylic acids is 1. The second-order valence-corrected chi connectivity index (χ2v) is 8.55. The Labute approximate surface area is 209 Å². The van der Waals surface area contributed by atoms with Crippen molar-refractivity contribution in [2.75, 3.05) is 12.3 Å². The van der Waals surface area contributed by atoms with Gasteiger partial charge in [0.25, 0.3) is 11.8 Å². The zero-order valence-corrected chi connectivity index (χ0v) is 19.3. The number of oxime groups is 1. The predicted molar refractivity (Wildman–Crippen MR) is 118 cm³/mol. The minimum atomic E-state index is -2.36. The van der Waals surface area contributed by atoms with Crippen LogP contribution in [0.1, 0.15) is 24.2 Å². The van der Waals surface area contributed by atoms with Crippen molar-refractivity contribution in [3.8, 4) is 5.75 Å². The van der Waals surface area contributed by atoms with Crippen molar-refractivity contribution in [3.05, 3.63) is 39.3 Å². The van der Waals surface area contributed by atoms with E-state index in [1.807, 2.05) is 0 Å². The lowest BCUT2D eigenvalue weighted by Gasteiger charge is -2.30. The number of nitrogens with zero attached hydrogens (tertiary/aromatic N) is 4. The molecule has 2 aromatic heterocycles. The Balaban J connectivity index is 1.51. The van der Waals surface area contributed by atoms with Crippen LogP contribution in [0.4, 0.5) is 5.13 Å². The molecule has 0 radical (unpaired) electrons. The van der Waals surface area contributed by atoms with Gasteiger partial charge in [-0.3, -0.25) is 24.0 Å². The fourth-order valence-corrected chi connectivity index (χ4v) is 3.95. The number of esters is 1. The first-order valence-corrected chi connectivity index (χ1v) is 11.2. The number of nitrogens with one attached hydrogen (secondary N) is 1. The molecule has 2 atom stereocenters. The van der Waals surface area contributed by atoms with E-state index in [1.54, 1.807) is 0 Å². The summed E-state index contributed by atoms with van der Waals surface area (Å²) in [6.07, 6.45) is 0.139. The molecule has 4 heterocycles. The summed E-state index contributed by atoms with van der Waals surface area (Å²) >= 11 is 0.973. The number of anilines is 1. The van der Waals surface area contributed by atoms with Crippen molar-refractivity contribution in [2.45, 2.75) is 31.2 Å². The average molecular weight is 538 g/mol. The maximum atomic E-state index is 13.0. The van der Waals surface area contributed by atoms with E-state index < -0.39 is 65.6 Å². The summed E-state index contributed by atoms with van der Waals surface area (Å²) in [6.45, 7) is -0.997. The van der Waals surface area contributed by atoms with Gasteiger partial charge in [-0.05, 0) is 0 Å². The fraction of sp³-hybridized carbons (Fsp3) is 0.316. The van der Waals surface area contributed by atoms with E-state index in [0.717, 1.165) is 23.6 Å². The molecule has 18 heteroatoms. The van der Waals surface area contributed by atoms with Gasteiger partial charge >= 0.3 is 17.7 Å². The second kappa shape index (κ2) is 9.74. The van der Waals surface area contributed by atoms with Crippen LogP contribution in [0.25, 0.3) is 0 Å². The van der Waals surface area contributed by atoms with Crippen LogP contribution in [0.15, 0.2) is 27.6 Å². The summed E-state index contributed by atoms with van der Waals surface area (Å²) in [4.78, 5) is 74.9. The lowest BCUT2D eigenvalue weighted by molar-refractivity contribution is -0.256. The van der Waals surface area contributed by atoms with Crippen molar-refractivity contribution in [1.29, 1.82) is 0 Å². The van der Waals surface area contributed by atoms with Gasteiger partial charge in [0.05, 0.1) is 12.6 Å². The molecular formula is C19H18N6O11S. The molecule has 17 nitrogen and oxygen atoms in total. The first kappa shape index (κ1) is 25.4. The Kier molecular flexibility index (Phi) is 6.68. The number of carbonyl (C=O) groups is 4. The summed E-state index contributed by atoms with van der Waals surface area (Å²) in [5, 5.41) is 36.5. The Hall–Kier alpha value is -4.71. The number of carboxylic acids is 1. The number of pyridine rings is 1. The van der Waals surface area contributed by atoms with Crippen molar-refractivity contribution in [3.63, 3.8) is 0 Å². The molecule has 4 rings (SSSR count). The Morgan fingerprint density at radius 3 is 2.76 bits per heavy atom. The number of cyclic esters (lactones) is 1. The monoisotopic (exact) mass is 538 g/mol. The van der Waals surface area contributed by atoms with Crippen molar-refractivity contribution >= 4 is 45.9 Å².